The van der Waals surface area contributed by atoms with Crippen molar-refractivity contribution in [2.75, 3.05) is 7.05 Å². The second kappa shape index (κ2) is 4.97. The molecule has 0 atom stereocenters. The van der Waals surface area contributed by atoms with Crippen LogP contribution in [0.15, 0.2) is 24.3 Å². The largest absolute Gasteiger partial charge is 0.333 e. The smallest absolute Gasteiger partial charge is 0.126 e. The first-order valence-electron chi connectivity index (χ1n) is 4.70. The van der Waals surface area contributed by atoms with Gasteiger partial charge in [-0.15, -0.1) is 0 Å². The third kappa shape index (κ3) is 2.28. The molecule has 1 aromatic carbocycles. The van der Waals surface area contributed by atoms with Gasteiger partial charge in [0.15, 0.2) is 0 Å². The van der Waals surface area contributed by atoms with E-state index in [1.54, 1.807) is 12.1 Å². The van der Waals surface area contributed by atoms with Gasteiger partial charge in [0.1, 0.15) is 5.82 Å². The zero-order valence-corrected chi connectivity index (χ0v) is 7.96. The lowest BCUT2D eigenvalue weighted by Crippen LogP contribution is -2.10. The first-order chi connectivity index (χ1) is 6.38. The second-order valence-corrected chi connectivity index (χ2v) is 3.15. The molecule has 0 aliphatic heterocycles. The summed E-state index contributed by atoms with van der Waals surface area (Å²) in [5.41, 5.74) is 5.42. The summed E-state index contributed by atoms with van der Waals surface area (Å²) in [5.74, 6) is 0.480. The zero-order valence-electron chi connectivity index (χ0n) is 7.96. The van der Waals surface area contributed by atoms with Gasteiger partial charge < -0.3 is 5.73 Å². The first-order valence-corrected chi connectivity index (χ1v) is 4.70. The minimum atomic E-state index is -0.0304. The summed E-state index contributed by atoms with van der Waals surface area (Å²) in [4.78, 5) is 0. The van der Waals surface area contributed by atoms with Crippen molar-refractivity contribution in [3.8, 4) is 0 Å². The number of hydrogen-bond acceptors (Lipinski definition) is 1. The number of benzene rings is 1. The van der Waals surface area contributed by atoms with Gasteiger partial charge in [-0.2, -0.15) is 0 Å². The molecule has 2 rings (SSSR count). The van der Waals surface area contributed by atoms with E-state index in [2.05, 4.69) is 5.73 Å². The summed E-state index contributed by atoms with van der Waals surface area (Å²) in [6.07, 6.45) is 3.60. The van der Waals surface area contributed by atoms with E-state index >= 15 is 0 Å². The Hall–Kier alpha value is -0.890. The van der Waals surface area contributed by atoms with Gasteiger partial charge in [-0.1, -0.05) is 24.6 Å². The highest BCUT2D eigenvalue weighted by Crippen LogP contribution is 2.37. The van der Waals surface area contributed by atoms with Crippen LogP contribution in [0.3, 0.4) is 0 Å². The van der Waals surface area contributed by atoms with Gasteiger partial charge in [0.05, 0.1) is 0 Å². The molecule has 0 bridgehead atoms. The van der Waals surface area contributed by atoms with Crippen molar-refractivity contribution in [1.82, 2.24) is 0 Å². The topological polar surface area (TPSA) is 26.0 Å². The van der Waals surface area contributed by atoms with Crippen LogP contribution in [0.2, 0.25) is 0 Å². The number of hydrogen-bond donors (Lipinski definition) is 1. The van der Waals surface area contributed by atoms with Crippen LogP contribution in [-0.4, -0.2) is 7.05 Å². The fourth-order valence-electron chi connectivity index (χ4n) is 1.53. The van der Waals surface area contributed by atoms with Crippen LogP contribution in [0.5, 0.6) is 0 Å². The maximum atomic E-state index is 13.1. The van der Waals surface area contributed by atoms with Crippen LogP contribution in [0.25, 0.3) is 0 Å². The van der Waals surface area contributed by atoms with Gasteiger partial charge in [0, 0.05) is 0 Å². The Labute approximate surface area is 78.8 Å². The summed E-state index contributed by atoms with van der Waals surface area (Å²) < 4.78 is 13.1. The van der Waals surface area contributed by atoms with Gasteiger partial charge in [-0.05, 0) is 37.4 Å². The Morgan fingerprint density at radius 2 is 1.85 bits per heavy atom. The van der Waals surface area contributed by atoms with Crippen molar-refractivity contribution < 1.29 is 4.39 Å². The number of halogens is 1. The standard InChI is InChI=1S/C10H11F.CH5N/c11-10-7-2-1-6-9(10)8-4-3-5-8;1-2/h1-2,6-8H,3-5H2;2H2,1H3. The average molecular weight is 181 g/mol. The van der Waals surface area contributed by atoms with E-state index in [1.165, 1.54) is 26.3 Å². The van der Waals surface area contributed by atoms with Crippen molar-refractivity contribution in [2.24, 2.45) is 5.73 Å². The second-order valence-electron chi connectivity index (χ2n) is 3.15. The molecule has 1 fully saturated rings. The molecule has 13 heavy (non-hydrogen) atoms. The molecule has 1 saturated carbocycles. The number of nitrogens with two attached hydrogens (primary N) is 1. The molecule has 0 saturated heterocycles. The summed E-state index contributed by atoms with van der Waals surface area (Å²) >= 11 is 0. The van der Waals surface area contributed by atoms with Crippen LogP contribution in [0.4, 0.5) is 4.39 Å². The minimum absolute atomic E-state index is 0.0304. The molecule has 0 spiro atoms. The fraction of sp³-hybridized carbons (Fsp3) is 0.455. The molecule has 1 nitrogen and oxygen atoms in total. The highest BCUT2D eigenvalue weighted by Gasteiger charge is 2.21. The SMILES string of the molecule is CN.Fc1ccccc1C1CCC1. The Morgan fingerprint density at radius 3 is 2.31 bits per heavy atom. The summed E-state index contributed by atoms with van der Waals surface area (Å²) in [7, 11) is 1.50. The molecule has 0 unspecified atom stereocenters. The van der Waals surface area contributed by atoms with E-state index in [-0.39, 0.29) is 5.82 Å². The van der Waals surface area contributed by atoms with Crippen molar-refractivity contribution in [3.63, 3.8) is 0 Å². The molecule has 1 aliphatic carbocycles. The van der Waals surface area contributed by atoms with Crippen LogP contribution < -0.4 is 5.73 Å². The van der Waals surface area contributed by atoms with E-state index in [1.807, 2.05) is 12.1 Å². The maximum absolute atomic E-state index is 13.1. The Morgan fingerprint density at radius 1 is 1.23 bits per heavy atom. The van der Waals surface area contributed by atoms with Gasteiger partial charge in [-0.25, -0.2) is 4.39 Å². The number of rotatable bonds is 1. The van der Waals surface area contributed by atoms with Crippen LogP contribution >= 0.6 is 0 Å². The molecule has 72 valence electrons. The summed E-state index contributed by atoms with van der Waals surface area (Å²) in [6.45, 7) is 0. The molecular weight excluding hydrogens is 165 g/mol. The predicted molar refractivity (Wildman–Crippen MR) is 53.1 cm³/mol. The normalized spacial score (nSPS) is 15.6. The molecule has 0 radical (unpaired) electrons. The molecule has 2 heteroatoms. The van der Waals surface area contributed by atoms with Crippen LogP contribution in [0, 0.1) is 5.82 Å². The monoisotopic (exact) mass is 181 g/mol. The third-order valence-corrected chi connectivity index (χ3v) is 2.45. The summed E-state index contributed by atoms with van der Waals surface area (Å²) in [5, 5.41) is 0. The predicted octanol–water partition coefficient (Wildman–Crippen LogP) is 2.67. The van der Waals surface area contributed by atoms with Gasteiger partial charge in [0.2, 0.25) is 0 Å². The molecule has 1 aliphatic rings. The van der Waals surface area contributed by atoms with Gasteiger partial charge in [0.25, 0.3) is 0 Å². The van der Waals surface area contributed by atoms with E-state index < -0.39 is 0 Å². The van der Waals surface area contributed by atoms with Crippen molar-refractivity contribution in [3.05, 3.63) is 35.6 Å². The van der Waals surface area contributed by atoms with Gasteiger partial charge >= 0.3 is 0 Å². The lowest BCUT2D eigenvalue weighted by molar-refractivity contribution is 0.404. The van der Waals surface area contributed by atoms with E-state index in [9.17, 15) is 4.39 Å². The minimum Gasteiger partial charge on any atom is -0.333 e. The molecule has 0 aromatic heterocycles. The Kier molecular flexibility index (Phi) is 3.90. The lowest BCUT2D eigenvalue weighted by Gasteiger charge is -2.25. The summed E-state index contributed by atoms with van der Waals surface area (Å²) in [6, 6.07) is 7.11. The van der Waals surface area contributed by atoms with E-state index in [4.69, 9.17) is 0 Å². The highest BCUT2D eigenvalue weighted by atomic mass is 19.1. The lowest BCUT2D eigenvalue weighted by atomic mass is 9.80. The third-order valence-electron chi connectivity index (χ3n) is 2.45. The van der Waals surface area contributed by atoms with Crippen LogP contribution in [-0.2, 0) is 0 Å². The van der Waals surface area contributed by atoms with Crippen LogP contribution in [0.1, 0.15) is 30.7 Å². The molecule has 2 N–H and O–H groups in total. The fourth-order valence-corrected chi connectivity index (χ4v) is 1.53. The van der Waals surface area contributed by atoms with E-state index in [0.717, 1.165) is 5.56 Å². The van der Waals surface area contributed by atoms with Gasteiger partial charge in [-0.3, -0.25) is 0 Å². The first kappa shape index (κ1) is 10.2. The molecule has 1 aromatic rings. The molecule has 0 heterocycles. The quantitative estimate of drug-likeness (QED) is 0.708. The average Bonchev–Trinajstić information content (AvgIpc) is 2.09. The molecule has 0 amide bonds. The van der Waals surface area contributed by atoms with Crippen molar-refractivity contribution >= 4 is 0 Å². The van der Waals surface area contributed by atoms with E-state index in [0.29, 0.717) is 5.92 Å². The Bertz CT molecular complexity index is 256. The zero-order chi connectivity index (χ0) is 9.68. The molecular formula is C11H16FN. The van der Waals surface area contributed by atoms with Crippen molar-refractivity contribution in [1.29, 1.82) is 0 Å². The van der Waals surface area contributed by atoms with Crippen molar-refractivity contribution in [2.45, 2.75) is 25.2 Å². The maximum Gasteiger partial charge on any atom is 0.126 e. The highest BCUT2D eigenvalue weighted by molar-refractivity contribution is 5.23. The Balaban J connectivity index is 0.000000396.